The Bertz CT molecular complexity index is 461. The standard InChI is InChI=1S/C16H24ClNO3/c1-20-15-9-14(16(21-2)8-13(15)17)18-10-12(19)7-11-5-3-4-6-11/h8-9,11-12,18-19H,3-7,10H2,1-2H3. The zero-order valence-electron chi connectivity index (χ0n) is 12.7. The molecule has 1 saturated carbocycles. The number of aliphatic hydroxyl groups excluding tert-OH is 1. The Morgan fingerprint density at radius 3 is 2.52 bits per heavy atom. The Hall–Kier alpha value is -1.13. The quantitative estimate of drug-likeness (QED) is 0.805. The summed E-state index contributed by atoms with van der Waals surface area (Å²) in [5, 5.41) is 13.9. The summed E-state index contributed by atoms with van der Waals surface area (Å²) < 4.78 is 10.5. The highest BCUT2D eigenvalue weighted by Gasteiger charge is 2.19. The van der Waals surface area contributed by atoms with Crippen LogP contribution in [0.1, 0.15) is 32.1 Å². The van der Waals surface area contributed by atoms with Crippen LogP contribution < -0.4 is 14.8 Å². The molecule has 2 N–H and O–H groups in total. The normalized spacial score (nSPS) is 16.8. The molecule has 1 fully saturated rings. The van der Waals surface area contributed by atoms with Gasteiger partial charge in [-0.2, -0.15) is 0 Å². The molecule has 0 bridgehead atoms. The number of nitrogens with one attached hydrogen (secondary N) is 1. The molecule has 0 aromatic heterocycles. The minimum Gasteiger partial charge on any atom is -0.495 e. The lowest BCUT2D eigenvalue weighted by atomic mass is 10.00. The molecule has 1 aliphatic rings. The van der Waals surface area contributed by atoms with Crippen molar-refractivity contribution in [1.82, 2.24) is 0 Å². The molecule has 1 aromatic carbocycles. The van der Waals surface area contributed by atoms with E-state index in [9.17, 15) is 5.11 Å². The van der Waals surface area contributed by atoms with Gasteiger partial charge in [-0.25, -0.2) is 0 Å². The molecule has 2 rings (SSSR count). The molecule has 1 atom stereocenters. The SMILES string of the molecule is COc1cc(NCC(O)CC2CCCC2)c(OC)cc1Cl. The molecular weight excluding hydrogens is 290 g/mol. The first-order chi connectivity index (χ1) is 10.1. The van der Waals surface area contributed by atoms with Gasteiger partial charge in [0.2, 0.25) is 0 Å². The van der Waals surface area contributed by atoms with Gasteiger partial charge in [0.15, 0.2) is 0 Å². The Balaban J connectivity index is 1.94. The van der Waals surface area contributed by atoms with Crippen LogP contribution in [-0.4, -0.2) is 32.0 Å². The lowest BCUT2D eigenvalue weighted by molar-refractivity contribution is 0.155. The van der Waals surface area contributed by atoms with Crippen molar-refractivity contribution in [2.24, 2.45) is 5.92 Å². The molecule has 0 spiro atoms. The average Bonchev–Trinajstić information content (AvgIpc) is 2.98. The fourth-order valence-electron chi connectivity index (χ4n) is 2.94. The van der Waals surface area contributed by atoms with E-state index < -0.39 is 0 Å². The third kappa shape index (κ3) is 4.42. The molecule has 1 aliphatic carbocycles. The van der Waals surface area contributed by atoms with E-state index in [0.717, 1.165) is 12.1 Å². The second-order valence-corrected chi connectivity index (χ2v) is 6.02. The number of aliphatic hydroxyl groups is 1. The van der Waals surface area contributed by atoms with Crippen molar-refractivity contribution in [1.29, 1.82) is 0 Å². The molecule has 4 nitrogen and oxygen atoms in total. The van der Waals surface area contributed by atoms with E-state index in [1.54, 1.807) is 26.4 Å². The predicted molar refractivity (Wildman–Crippen MR) is 85.6 cm³/mol. The van der Waals surface area contributed by atoms with Crippen LogP contribution in [0.4, 0.5) is 5.69 Å². The van der Waals surface area contributed by atoms with Gasteiger partial charge < -0.3 is 19.9 Å². The molecule has 0 saturated heterocycles. The van der Waals surface area contributed by atoms with E-state index in [-0.39, 0.29) is 6.10 Å². The van der Waals surface area contributed by atoms with Crippen LogP contribution in [0.15, 0.2) is 12.1 Å². The number of hydrogen-bond donors (Lipinski definition) is 2. The Morgan fingerprint density at radius 1 is 1.24 bits per heavy atom. The van der Waals surface area contributed by atoms with Gasteiger partial charge in [0.05, 0.1) is 31.0 Å². The number of hydrogen-bond acceptors (Lipinski definition) is 4. The molecular formula is C16H24ClNO3. The summed E-state index contributed by atoms with van der Waals surface area (Å²) in [6.07, 6.45) is 5.60. The van der Waals surface area contributed by atoms with E-state index in [4.69, 9.17) is 21.1 Å². The number of halogens is 1. The van der Waals surface area contributed by atoms with Crippen LogP contribution in [-0.2, 0) is 0 Å². The van der Waals surface area contributed by atoms with Gasteiger partial charge in [-0.15, -0.1) is 0 Å². The number of anilines is 1. The molecule has 0 radical (unpaired) electrons. The summed E-state index contributed by atoms with van der Waals surface area (Å²) in [6.45, 7) is 0.498. The third-order valence-corrected chi connectivity index (χ3v) is 4.38. The molecule has 1 unspecified atom stereocenters. The lowest BCUT2D eigenvalue weighted by Gasteiger charge is -2.18. The largest absolute Gasteiger partial charge is 0.495 e. The Kier molecular flexibility index (Phi) is 6.00. The number of ether oxygens (including phenoxy) is 2. The molecule has 5 heteroatoms. The van der Waals surface area contributed by atoms with Gasteiger partial charge in [0.1, 0.15) is 11.5 Å². The number of benzene rings is 1. The van der Waals surface area contributed by atoms with E-state index in [0.29, 0.717) is 29.0 Å². The minimum atomic E-state index is -0.348. The monoisotopic (exact) mass is 313 g/mol. The molecule has 0 amide bonds. The second kappa shape index (κ2) is 7.76. The first kappa shape index (κ1) is 16.2. The van der Waals surface area contributed by atoms with E-state index in [2.05, 4.69) is 5.32 Å². The van der Waals surface area contributed by atoms with Gasteiger partial charge in [-0.05, 0) is 12.3 Å². The average molecular weight is 314 g/mol. The van der Waals surface area contributed by atoms with Crippen molar-refractivity contribution in [2.75, 3.05) is 26.1 Å². The van der Waals surface area contributed by atoms with E-state index in [1.165, 1.54) is 25.7 Å². The van der Waals surface area contributed by atoms with Crippen molar-refractivity contribution in [3.05, 3.63) is 17.2 Å². The summed E-state index contributed by atoms with van der Waals surface area (Å²) in [7, 11) is 3.17. The summed E-state index contributed by atoms with van der Waals surface area (Å²) in [5.41, 5.74) is 0.782. The highest BCUT2D eigenvalue weighted by molar-refractivity contribution is 6.32. The van der Waals surface area contributed by atoms with Crippen molar-refractivity contribution < 1.29 is 14.6 Å². The highest BCUT2D eigenvalue weighted by atomic mass is 35.5. The van der Waals surface area contributed by atoms with E-state index >= 15 is 0 Å². The molecule has 1 aromatic rings. The third-order valence-electron chi connectivity index (χ3n) is 4.08. The van der Waals surface area contributed by atoms with Crippen LogP contribution in [0.5, 0.6) is 11.5 Å². The predicted octanol–water partition coefficient (Wildman–Crippen LogP) is 3.71. The molecule has 21 heavy (non-hydrogen) atoms. The number of rotatable bonds is 7. The van der Waals surface area contributed by atoms with Crippen molar-refractivity contribution >= 4 is 17.3 Å². The maximum atomic E-state index is 10.2. The highest BCUT2D eigenvalue weighted by Crippen LogP contribution is 2.36. The van der Waals surface area contributed by atoms with Gasteiger partial charge in [-0.3, -0.25) is 0 Å². The summed E-state index contributed by atoms with van der Waals surface area (Å²) >= 11 is 6.07. The van der Waals surface area contributed by atoms with Crippen LogP contribution in [0, 0.1) is 5.92 Å². The van der Waals surface area contributed by atoms with Crippen molar-refractivity contribution in [2.45, 2.75) is 38.2 Å². The zero-order chi connectivity index (χ0) is 15.2. The van der Waals surface area contributed by atoms with Crippen molar-refractivity contribution in [3.8, 4) is 11.5 Å². The van der Waals surface area contributed by atoms with Gasteiger partial charge in [0.25, 0.3) is 0 Å². The van der Waals surface area contributed by atoms with Crippen molar-refractivity contribution in [3.63, 3.8) is 0 Å². The first-order valence-electron chi connectivity index (χ1n) is 7.47. The number of methoxy groups -OCH3 is 2. The van der Waals surface area contributed by atoms with Crippen LogP contribution in [0.3, 0.4) is 0 Å². The Labute approximate surface area is 131 Å². The second-order valence-electron chi connectivity index (χ2n) is 5.61. The summed E-state index contributed by atoms with van der Waals surface area (Å²) in [6, 6.07) is 3.51. The fraction of sp³-hybridized carbons (Fsp3) is 0.625. The fourth-order valence-corrected chi connectivity index (χ4v) is 3.17. The molecule has 0 heterocycles. The van der Waals surface area contributed by atoms with Gasteiger partial charge >= 0.3 is 0 Å². The lowest BCUT2D eigenvalue weighted by Crippen LogP contribution is -2.22. The topological polar surface area (TPSA) is 50.7 Å². The van der Waals surface area contributed by atoms with Crippen LogP contribution >= 0.6 is 11.6 Å². The van der Waals surface area contributed by atoms with E-state index in [1.807, 2.05) is 0 Å². The van der Waals surface area contributed by atoms with Gasteiger partial charge in [-0.1, -0.05) is 37.3 Å². The molecule has 0 aliphatic heterocycles. The maximum Gasteiger partial charge on any atom is 0.143 e. The summed E-state index contributed by atoms with van der Waals surface area (Å²) in [4.78, 5) is 0. The first-order valence-corrected chi connectivity index (χ1v) is 7.85. The molecule has 118 valence electrons. The smallest absolute Gasteiger partial charge is 0.143 e. The zero-order valence-corrected chi connectivity index (χ0v) is 13.4. The minimum absolute atomic E-state index is 0.348. The van der Waals surface area contributed by atoms with Gasteiger partial charge in [0, 0.05) is 18.7 Å². The van der Waals surface area contributed by atoms with Crippen LogP contribution in [0.2, 0.25) is 5.02 Å². The maximum absolute atomic E-state index is 10.2. The van der Waals surface area contributed by atoms with Crippen LogP contribution in [0.25, 0.3) is 0 Å². The summed E-state index contributed by atoms with van der Waals surface area (Å²) in [5.74, 6) is 1.91. The Morgan fingerprint density at radius 2 is 1.90 bits per heavy atom.